The van der Waals surface area contributed by atoms with Gasteiger partial charge in [-0.15, -0.1) is 0 Å². The van der Waals surface area contributed by atoms with Crippen LogP contribution in [0.3, 0.4) is 0 Å². The standard InChI is InChI=1S/C27H33N3O5SSi/c1-18-16-30(26(32)29-24(18)31)23-15-21(35-25(28)36)22(34-23)17-33-37(27(2,3)4,19-11-7-5-8-12-19)20-13-9-6-10-14-20/h5-14,16,21-23H,15,17H2,1-4H3,(H2,28,36)(H,29,31,32)/t21-,22+,23+/m0/s1. The third-order valence-corrected chi connectivity index (χ3v) is 11.9. The van der Waals surface area contributed by atoms with Crippen molar-refractivity contribution in [1.29, 1.82) is 0 Å². The summed E-state index contributed by atoms with van der Waals surface area (Å²) in [6.07, 6.45) is 0.0642. The summed E-state index contributed by atoms with van der Waals surface area (Å²) >= 11 is 5.03. The molecular formula is C27H33N3O5SSi. The lowest BCUT2D eigenvalue weighted by Crippen LogP contribution is -2.67. The predicted octanol–water partition coefficient (Wildman–Crippen LogP) is 2.34. The molecule has 8 nitrogen and oxygen atoms in total. The van der Waals surface area contributed by atoms with Gasteiger partial charge in [0, 0.05) is 18.2 Å². The minimum atomic E-state index is -2.83. The van der Waals surface area contributed by atoms with Crippen molar-refractivity contribution in [2.45, 2.75) is 57.6 Å². The Morgan fingerprint density at radius 2 is 1.68 bits per heavy atom. The number of benzene rings is 2. The van der Waals surface area contributed by atoms with Gasteiger partial charge in [0.05, 0.1) is 6.61 Å². The molecule has 0 unspecified atom stereocenters. The van der Waals surface area contributed by atoms with Crippen LogP contribution in [0, 0.1) is 6.92 Å². The molecule has 3 atom stereocenters. The number of H-pyrrole nitrogens is 1. The van der Waals surface area contributed by atoms with Crippen LogP contribution in [0.1, 0.15) is 39.0 Å². The molecule has 4 rings (SSSR count). The summed E-state index contributed by atoms with van der Waals surface area (Å²) in [5.74, 6) is 0. The van der Waals surface area contributed by atoms with Crippen LogP contribution in [0.25, 0.3) is 0 Å². The highest BCUT2D eigenvalue weighted by molar-refractivity contribution is 7.80. The van der Waals surface area contributed by atoms with Gasteiger partial charge in [-0.1, -0.05) is 81.4 Å². The first-order valence-electron chi connectivity index (χ1n) is 12.2. The summed E-state index contributed by atoms with van der Waals surface area (Å²) in [6.45, 7) is 8.43. The molecule has 10 heteroatoms. The Labute approximate surface area is 222 Å². The molecule has 3 aromatic rings. The first-order valence-corrected chi connectivity index (χ1v) is 14.5. The van der Waals surface area contributed by atoms with Gasteiger partial charge in [0.1, 0.15) is 18.4 Å². The van der Waals surface area contributed by atoms with Gasteiger partial charge < -0.3 is 19.6 Å². The molecule has 2 aromatic carbocycles. The summed E-state index contributed by atoms with van der Waals surface area (Å²) < 4.78 is 20.5. The van der Waals surface area contributed by atoms with E-state index in [0.29, 0.717) is 12.0 Å². The number of nitrogens with two attached hydrogens (primary N) is 1. The second-order valence-corrected chi connectivity index (χ2v) is 15.0. The Hall–Kier alpha value is -3.05. The molecule has 0 radical (unpaired) electrons. The van der Waals surface area contributed by atoms with E-state index in [1.54, 1.807) is 6.92 Å². The van der Waals surface area contributed by atoms with Gasteiger partial charge in [-0.3, -0.25) is 14.3 Å². The van der Waals surface area contributed by atoms with Crippen LogP contribution in [0.5, 0.6) is 0 Å². The van der Waals surface area contributed by atoms with E-state index >= 15 is 0 Å². The normalized spacial score (nSPS) is 20.1. The maximum atomic E-state index is 12.5. The second kappa shape index (κ2) is 10.7. The van der Waals surface area contributed by atoms with Crippen molar-refractivity contribution < 1.29 is 13.9 Å². The molecule has 1 aromatic heterocycles. The summed E-state index contributed by atoms with van der Waals surface area (Å²) in [4.78, 5) is 26.7. The number of hydrogen-bond donors (Lipinski definition) is 2. The van der Waals surface area contributed by atoms with Crippen LogP contribution in [-0.4, -0.2) is 41.9 Å². The van der Waals surface area contributed by atoms with Gasteiger partial charge in [0.25, 0.3) is 19.1 Å². The van der Waals surface area contributed by atoms with Gasteiger partial charge >= 0.3 is 5.69 Å². The minimum Gasteiger partial charge on any atom is -0.465 e. The first kappa shape index (κ1) is 27.0. The third kappa shape index (κ3) is 5.47. The molecule has 1 aliphatic heterocycles. The topological polar surface area (TPSA) is 109 Å². The number of nitrogens with one attached hydrogen (secondary N) is 1. The first-order chi connectivity index (χ1) is 17.5. The molecule has 1 fully saturated rings. The molecule has 3 N–H and O–H groups in total. The molecule has 0 aliphatic carbocycles. The third-order valence-electron chi connectivity index (χ3n) is 6.79. The van der Waals surface area contributed by atoms with Gasteiger partial charge in [-0.05, 0) is 34.6 Å². The molecule has 0 amide bonds. The van der Waals surface area contributed by atoms with E-state index < -0.39 is 38.0 Å². The molecule has 37 heavy (non-hydrogen) atoms. The summed E-state index contributed by atoms with van der Waals surface area (Å²) in [5, 5.41) is 1.96. The lowest BCUT2D eigenvalue weighted by atomic mass is 10.2. The van der Waals surface area contributed by atoms with Gasteiger partial charge in [-0.25, -0.2) is 4.79 Å². The summed E-state index contributed by atoms with van der Waals surface area (Å²) in [6, 6.07) is 20.6. The highest BCUT2D eigenvalue weighted by Gasteiger charge is 2.51. The fraction of sp³-hybridized carbons (Fsp3) is 0.370. The predicted molar refractivity (Wildman–Crippen MR) is 150 cm³/mol. The van der Waals surface area contributed by atoms with Crippen LogP contribution in [0.15, 0.2) is 76.4 Å². The molecule has 0 saturated carbocycles. The van der Waals surface area contributed by atoms with Crippen molar-refractivity contribution in [2.75, 3.05) is 6.61 Å². The zero-order chi connectivity index (χ0) is 26.8. The second-order valence-electron chi connectivity index (χ2n) is 10.3. The highest BCUT2D eigenvalue weighted by atomic mass is 32.1. The smallest absolute Gasteiger partial charge is 0.330 e. The number of aromatic nitrogens is 2. The van der Waals surface area contributed by atoms with E-state index in [9.17, 15) is 9.59 Å². The quantitative estimate of drug-likeness (QED) is 0.350. The SMILES string of the molecule is Cc1cn([C@H]2C[C@H](OC(N)=S)[C@@H](CO[Si](c3ccccc3)(c3ccccc3)C(C)(C)C)O2)c(=O)[nH]c1=O. The number of nitrogens with zero attached hydrogens (tertiary/aromatic N) is 1. The Kier molecular flexibility index (Phi) is 7.84. The van der Waals surface area contributed by atoms with Crippen LogP contribution in [0.2, 0.25) is 5.04 Å². The number of thiocarbonyl (C=S) groups is 1. The highest BCUT2D eigenvalue weighted by Crippen LogP contribution is 2.38. The van der Waals surface area contributed by atoms with Gasteiger partial charge in [-0.2, -0.15) is 0 Å². The van der Waals surface area contributed by atoms with E-state index in [-0.39, 0.29) is 16.8 Å². The monoisotopic (exact) mass is 539 g/mol. The van der Waals surface area contributed by atoms with Crippen molar-refractivity contribution >= 4 is 36.1 Å². The van der Waals surface area contributed by atoms with E-state index in [0.717, 1.165) is 10.4 Å². The number of hydrogen-bond acceptors (Lipinski definition) is 6. The molecule has 1 saturated heterocycles. The zero-order valence-electron chi connectivity index (χ0n) is 21.5. The number of rotatable bonds is 7. The van der Waals surface area contributed by atoms with E-state index in [1.807, 2.05) is 36.4 Å². The molecule has 1 aliphatic rings. The van der Waals surface area contributed by atoms with Crippen molar-refractivity contribution in [3.63, 3.8) is 0 Å². The van der Waals surface area contributed by atoms with Crippen LogP contribution in [0.4, 0.5) is 0 Å². The average Bonchev–Trinajstić information content (AvgIpc) is 3.24. The van der Waals surface area contributed by atoms with Crippen molar-refractivity contribution in [1.82, 2.24) is 9.55 Å². The van der Waals surface area contributed by atoms with E-state index in [2.05, 4.69) is 50.0 Å². The molecule has 2 heterocycles. The molecule has 0 bridgehead atoms. The van der Waals surface area contributed by atoms with Gasteiger partial charge in [0.2, 0.25) is 0 Å². The summed E-state index contributed by atoms with van der Waals surface area (Å²) in [7, 11) is -2.83. The molecule has 196 valence electrons. The minimum absolute atomic E-state index is 0.102. The Bertz CT molecular complexity index is 1310. The van der Waals surface area contributed by atoms with E-state index in [4.69, 9.17) is 31.9 Å². The van der Waals surface area contributed by atoms with Crippen LogP contribution in [-0.2, 0) is 13.9 Å². The number of ether oxygens (including phenoxy) is 2. The fourth-order valence-electron chi connectivity index (χ4n) is 5.06. The maximum absolute atomic E-state index is 12.5. The lowest BCUT2D eigenvalue weighted by molar-refractivity contribution is -0.0403. The summed E-state index contributed by atoms with van der Waals surface area (Å²) in [5.41, 5.74) is 5.15. The number of aromatic amines is 1. The van der Waals surface area contributed by atoms with Gasteiger partial charge in [0.15, 0.2) is 0 Å². The maximum Gasteiger partial charge on any atom is 0.330 e. The molecule has 0 spiro atoms. The Balaban J connectivity index is 1.71. The Morgan fingerprint density at radius 3 is 2.19 bits per heavy atom. The van der Waals surface area contributed by atoms with Crippen LogP contribution >= 0.6 is 12.2 Å². The largest absolute Gasteiger partial charge is 0.465 e. The van der Waals surface area contributed by atoms with Crippen molar-refractivity contribution in [3.05, 3.63) is 93.3 Å². The fourth-order valence-corrected chi connectivity index (χ4v) is 9.76. The van der Waals surface area contributed by atoms with Crippen molar-refractivity contribution in [3.8, 4) is 0 Å². The number of aryl methyl sites for hydroxylation is 1. The van der Waals surface area contributed by atoms with Crippen molar-refractivity contribution in [2.24, 2.45) is 5.73 Å². The zero-order valence-corrected chi connectivity index (χ0v) is 23.3. The molecular weight excluding hydrogens is 506 g/mol. The lowest BCUT2D eigenvalue weighted by Gasteiger charge is -2.43. The Morgan fingerprint density at radius 1 is 1.11 bits per heavy atom. The average molecular weight is 540 g/mol. The van der Waals surface area contributed by atoms with E-state index in [1.165, 1.54) is 10.8 Å². The van der Waals surface area contributed by atoms with Crippen LogP contribution < -0.4 is 27.4 Å².